The highest BCUT2D eigenvalue weighted by Gasteiger charge is 2.41. The minimum absolute atomic E-state index is 0.0199. The molecule has 0 aromatic rings. The summed E-state index contributed by atoms with van der Waals surface area (Å²) in [5, 5.41) is 15.1. The van der Waals surface area contributed by atoms with Crippen LogP contribution in [0.15, 0.2) is 5.16 Å². The molecule has 0 saturated carbocycles. The fourth-order valence-electron chi connectivity index (χ4n) is 2.71. The highest BCUT2D eigenvalue weighted by Crippen LogP contribution is 2.30. The van der Waals surface area contributed by atoms with Gasteiger partial charge in [-0.15, -0.1) is 0 Å². The van der Waals surface area contributed by atoms with Gasteiger partial charge in [-0.2, -0.15) is 0 Å². The molecule has 0 spiro atoms. The van der Waals surface area contributed by atoms with Gasteiger partial charge < -0.3 is 21.2 Å². The number of hydrogen-bond donors (Lipinski definition) is 3. The molecular weight excluding hydrogens is 268 g/mol. The Morgan fingerprint density at radius 3 is 2.10 bits per heavy atom. The molecule has 124 valence electrons. The van der Waals surface area contributed by atoms with Crippen LogP contribution in [0, 0.1) is 5.41 Å². The summed E-state index contributed by atoms with van der Waals surface area (Å²) in [4.78, 5) is 14.8. The Morgan fingerprint density at radius 1 is 1.19 bits per heavy atom. The number of oxime groups is 1. The topological polar surface area (TPSA) is 91.0 Å². The third-order valence-corrected chi connectivity index (χ3v) is 3.99. The first-order chi connectivity index (χ1) is 10.0. The van der Waals surface area contributed by atoms with Crippen molar-refractivity contribution >= 4 is 11.7 Å². The van der Waals surface area contributed by atoms with Crippen molar-refractivity contribution < 1.29 is 10.0 Å². The predicted octanol–water partition coefficient (Wildman–Crippen LogP) is 1.78. The molecule has 0 fully saturated rings. The van der Waals surface area contributed by atoms with Crippen LogP contribution >= 0.6 is 0 Å². The Kier molecular flexibility index (Phi) is 9.78. The molecule has 0 saturated heterocycles. The van der Waals surface area contributed by atoms with E-state index in [2.05, 4.69) is 29.2 Å². The summed E-state index contributed by atoms with van der Waals surface area (Å²) in [6.07, 6.45) is 2.79. The predicted molar refractivity (Wildman–Crippen MR) is 86.5 cm³/mol. The number of nitrogens with two attached hydrogens (primary N) is 1. The highest BCUT2D eigenvalue weighted by atomic mass is 16.4. The standard InChI is InChI=1S/C15H32N4O2/c1-5-9-15(10-6-2,13(16)18-21)14(20)17-11-12-19(7-3)8-4/h21H,5-12H2,1-4H3,(H2,16,18)(H,17,20). The zero-order valence-electron chi connectivity index (χ0n) is 14.0. The van der Waals surface area contributed by atoms with Crippen LogP contribution in [0.25, 0.3) is 0 Å². The molecule has 0 bridgehead atoms. The zero-order chi connectivity index (χ0) is 16.3. The Bertz CT molecular complexity index is 322. The number of nitrogens with zero attached hydrogens (tertiary/aromatic N) is 2. The van der Waals surface area contributed by atoms with Crippen molar-refractivity contribution in [1.29, 1.82) is 0 Å². The summed E-state index contributed by atoms with van der Waals surface area (Å²) in [5.41, 5.74) is 4.95. The van der Waals surface area contributed by atoms with Gasteiger partial charge in [-0.3, -0.25) is 4.79 Å². The average molecular weight is 300 g/mol. The maximum absolute atomic E-state index is 12.6. The van der Waals surface area contributed by atoms with Crippen LogP contribution in [0.1, 0.15) is 53.4 Å². The molecule has 0 aliphatic carbocycles. The van der Waals surface area contributed by atoms with E-state index in [-0.39, 0.29) is 11.7 Å². The van der Waals surface area contributed by atoms with Gasteiger partial charge in [0, 0.05) is 13.1 Å². The molecule has 0 heterocycles. The van der Waals surface area contributed by atoms with Gasteiger partial charge in [-0.1, -0.05) is 45.7 Å². The van der Waals surface area contributed by atoms with E-state index < -0.39 is 5.41 Å². The van der Waals surface area contributed by atoms with Crippen molar-refractivity contribution in [3.05, 3.63) is 0 Å². The van der Waals surface area contributed by atoms with E-state index in [4.69, 9.17) is 10.9 Å². The van der Waals surface area contributed by atoms with Crippen molar-refractivity contribution in [3.8, 4) is 0 Å². The highest BCUT2D eigenvalue weighted by molar-refractivity contribution is 6.06. The summed E-state index contributed by atoms with van der Waals surface area (Å²) in [7, 11) is 0. The number of amidine groups is 1. The van der Waals surface area contributed by atoms with E-state index in [0.717, 1.165) is 32.5 Å². The van der Waals surface area contributed by atoms with E-state index in [0.29, 0.717) is 19.4 Å². The van der Waals surface area contributed by atoms with Gasteiger partial charge in [-0.05, 0) is 25.9 Å². The first-order valence-corrected chi connectivity index (χ1v) is 8.00. The third kappa shape index (κ3) is 5.53. The number of carbonyl (C=O) groups excluding carboxylic acids is 1. The molecule has 6 heteroatoms. The molecule has 0 atom stereocenters. The Hall–Kier alpha value is -1.30. The average Bonchev–Trinajstić information content (AvgIpc) is 2.50. The fourth-order valence-corrected chi connectivity index (χ4v) is 2.71. The number of nitrogens with one attached hydrogen (secondary N) is 1. The maximum Gasteiger partial charge on any atom is 0.233 e. The lowest BCUT2D eigenvalue weighted by atomic mass is 9.77. The lowest BCUT2D eigenvalue weighted by Gasteiger charge is -2.31. The van der Waals surface area contributed by atoms with Gasteiger partial charge in [0.2, 0.25) is 5.91 Å². The van der Waals surface area contributed by atoms with Crippen molar-refractivity contribution in [2.24, 2.45) is 16.3 Å². The lowest BCUT2D eigenvalue weighted by Crippen LogP contribution is -2.51. The lowest BCUT2D eigenvalue weighted by molar-refractivity contribution is -0.128. The van der Waals surface area contributed by atoms with Crippen molar-refractivity contribution in [2.45, 2.75) is 53.4 Å². The maximum atomic E-state index is 12.6. The zero-order valence-corrected chi connectivity index (χ0v) is 14.0. The molecule has 21 heavy (non-hydrogen) atoms. The number of likely N-dealkylation sites (N-methyl/N-ethyl adjacent to an activating group) is 1. The minimum Gasteiger partial charge on any atom is -0.409 e. The van der Waals surface area contributed by atoms with Crippen LogP contribution < -0.4 is 11.1 Å². The van der Waals surface area contributed by atoms with E-state index >= 15 is 0 Å². The summed E-state index contributed by atoms with van der Waals surface area (Å²) in [5.74, 6) is -0.111. The molecule has 0 radical (unpaired) electrons. The van der Waals surface area contributed by atoms with Crippen LogP contribution in [-0.2, 0) is 4.79 Å². The van der Waals surface area contributed by atoms with Gasteiger partial charge in [0.05, 0.1) is 0 Å². The second kappa shape index (κ2) is 10.4. The quantitative estimate of drug-likeness (QED) is 0.235. The summed E-state index contributed by atoms with van der Waals surface area (Å²) >= 11 is 0. The number of carbonyl (C=O) groups is 1. The van der Waals surface area contributed by atoms with Crippen LogP contribution in [0.4, 0.5) is 0 Å². The smallest absolute Gasteiger partial charge is 0.233 e. The van der Waals surface area contributed by atoms with Crippen molar-refractivity contribution in [1.82, 2.24) is 10.2 Å². The molecular formula is C15H32N4O2. The minimum atomic E-state index is -0.887. The Balaban J connectivity index is 4.86. The van der Waals surface area contributed by atoms with Crippen LogP contribution in [0.5, 0.6) is 0 Å². The van der Waals surface area contributed by atoms with Gasteiger partial charge in [0.15, 0.2) is 5.84 Å². The SMILES string of the molecule is CCCC(CCC)(C(=O)NCCN(CC)CC)C(N)=NO. The molecule has 0 unspecified atom stereocenters. The summed E-state index contributed by atoms with van der Waals surface area (Å²) < 4.78 is 0. The van der Waals surface area contributed by atoms with Crippen molar-refractivity contribution in [3.63, 3.8) is 0 Å². The molecule has 0 rings (SSSR count). The van der Waals surface area contributed by atoms with Crippen molar-refractivity contribution in [2.75, 3.05) is 26.2 Å². The third-order valence-electron chi connectivity index (χ3n) is 3.99. The fraction of sp³-hybridized carbons (Fsp3) is 0.867. The largest absolute Gasteiger partial charge is 0.409 e. The van der Waals surface area contributed by atoms with Gasteiger partial charge in [-0.25, -0.2) is 0 Å². The molecule has 6 nitrogen and oxygen atoms in total. The molecule has 0 aliphatic rings. The summed E-state index contributed by atoms with van der Waals surface area (Å²) in [6.45, 7) is 11.5. The number of hydrogen-bond acceptors (Lipinski definition) is 4. The Labute approximate surface area is 128 Å². The normalized spacial score (nSPS) is 12.7. The molecule has 0 aliphatic heterocycles. The van der Waals surface area contributed by atoms with Crippen LogP contribution in [0.2, 0.25) is 0 Å². The summed E-state index contributed by atoms with van der Waals surface area (Å²) in [6, 6.07) is 0. The second-order valence-corrected chi connectivity index (χ2v) is 5.35. The molecule has 4 N–H and O–H groups in total. The van der Waals surface area contributed by atoms with Gasteiger partial charge in [0.1, 0.15) is 5.41 Å². The van der Waals surface area contributed by atoms with Gasteiger partial charge in [0.25, 0.3) is 0 Å². The van der Waals surface area contributed by atoms with Gasteiger partial charge >= 0.3 is 0 Å². The first kappa shape index (κ1) is 19.7. The van der Waals surface area contributed by atoms with Crippen LogP contribution in [-0.4, -0.2) is 48.0 Å². The van der Waals surface area contributed by atoms with E-state index in [1.165, 1.54) is 0 Å². The van der Waals surface area contributed by atoms with Crippen LogP contribution in [0.3, 0.4) is 0 Å². The molecule has 1 amide bonds. The molecule has 0 aromatic heterocycles. The van der Waals surface area contributed by atoms with E-state index in [1.54, 1.807) is 0 Å². The van der Waals surface area contributed by atoms with E-state index in [9.17, 15) is 4.79 Å². The first-order valence-electron chi connectivity index (χ1n) is 8.00. The second-order valence-electron chi connectivity index (χ2n) is 5.35. The molecule has 0 aromatic carbocycles. The number of amides is 1. The Morgan fingerprint density at radius 2 is 1.71 bits per heavy atom. The van der Waals surface area contributed by atoms with E-state index in [1.807, 2.05) is 13.8 Å². The monoisotopic (exact) mass is 300 g/mol. The number of rotatable bonds is 11.